The number of esters is 1. The fourth-order valence-corrected chi connectivity index (χ4v) is 3.04. The maximum Gasteiger partial charge on any atom is 0.344 e. The van der Waals surface area contributed by atoms with Gasteiger partial charge in [0, 0.05) is 11.6 Å². The first-order chi connectivity index (χ1) is 13.0. The van der Waals surface area contributed by atoms with E-state index >= 15 is 0 Å². The average molecular weight is 377 g/mol. The molecule has 0 radical (unpaired) electrons. The van der Waals surface area contributed by atoms with Crippen LogP contribution >= 0.6 is 0 Å². The van der Waals surface area contributed by atoms with Gasteiger partial charge in [0.25, 0.3) is 5.91 Å². The minimum absolute atomic E-state index is 0.151. The summed E-state index contributed by atoms with van der Waals surface area (Å²) in [6, 6.07) is 4.76. The van der Waals surface area contributed by atoms with Gasteiger partial charge in [0.2, 0.25) is 0 Å². The predicted molar refractivity (Wildman–Crippen MR) is 99.1 cm³/mol. The lowest BCUT2D eigenvalue weighted by Gasteiger charge is -2.19. The van der Waals surface area contributed by atoms with Crippen LogP contribution in [-0.2, 0) is 14.3 Å². The third-order valence-electron chi connectivity index (χ3n) is 4.55. The Labute approximate surface area is 159 Å². The molecule has 1 atom stereocenters. The van der Waals surface area contributed by atoms with Crippen LogP contribution in [0, 0.1) is 0 Å². The topological polar surface area (TPSA) is 90.9 Å². The molecule has 0 aromatic heterocycles. The quantitative estimate of drug-likeness (QED) is 0.425. The van der Waals surface area contributed by atoms with E-state index in [2.05, 4.69) is 5.32 Å². The molecular weight excluding hydrogens is 350 g/mol. The molecule has 1 aromatic carbocycles. The first-order valence-corrected chi connectivity index (χ1v) is 9.29. The van der Waals surface area contributed by atoms with Gasteiger partial charge in [-0.2, -0.15) is 0 Å². The number of hydrogen-bond acceptors (Lipinski definition) is 6. The van der Waals surface area contributed by atoms with Crippen LogP contribution in [0.2, 0.25) is 0 Å². The number of nitrogens with one attached hydrogen (secondary N) is 1. The molecule has 1 aromatic rings. The van der Waals surface area contributed by atoms with Crippen molar-refractivity contribution in [1.82, 2.24) is 5.32 Å². The Bertz CT molecular complexity index is 652. The van der Waals surface area contributed by atoms with Crippen molar-refractivity contribution in [3.8, 4) is 11.5 Å². The smallest absolute Gasteiger partial charge is 0.344 e. The Morgan fingerprint density at radius 1 is 1.19 bits per heavy atom. The van der Waals surface area contributed by atoms with Crippen LogP contribution in [0.25, 0.3) is 0 Å². The lowest BCUT2D eigenvalue weighted by molar-refractivity contribution is -0.156. The van der Waals surface area contributed by atoms with Crippen molar-refractivity contribution in [3.05, 3.63) is 23.8 Å². The van der Waals surface area contributed by atoms with Crippen LogP contribution in [0.4, 0.5) is 0 Å². The van der Waals surface area contributed by atoms with Gasteiger partial charge in [0.15, 0.2) is 24.2 Å². The molecule has 2 rings (SSSR count). The molecule has 1 aliphatic carbocycles. The summed E-state index contributed by atoms with van der Waals surface area (Å²) in [5.41, 5.74) is 0.436. The first-order valence-electron chi connectivity index (χ1n) is 9.29. The Hall–Kier alpha value is -2.57. The number of carbonyl (C=O) groups excluding carboxylic acids is 3. The second-order valence-corrected chi connectivity index (χ2v) is 6.65. The predicted octanol–water partition coefficient (Wildman–Crippen LogP) is 2.66. The number of ether oxygens (including phenoxy) is 3. The Morgan fingerprint density at radius 3 is 2.52 bits per heavy atom. The molecular formula is C20H27NO6. The number of aldehydes is 1. The molecule has 0 aliphatic heterocycles. The zero-order valence-electron chi connectivity index (χ0n) is 15.9. The maximum absolute atomic E-state index is 12.2. The van der Waals surface area contributed by atoms with Gasteiger partial charge >= 0.3 is 5.97 Å². The Kier molecular flexibility index (Phi) is 8.10. The van der Waals surface area contributed by atoms with Gasteiger partial charge in [-0.25, -0.2) is 4.79 Å². The number of carbonyl (C=O) groups is 3. The average Bonchev–Trinajstić information content (AvgIpc) is 2.94. The number of hydrogen-bond donors (Lipinski definition) is 1. The van der Waals surface area contributed by atoms with Crippen molar-refractivity contribution in [2.75, 3.05) is 13.7 Å². The number of methoxy groups -OCH3 is 1. The van der Waals surface area contributed by atoms with Crippen molar-refractivity contribution >= 4 is 18.2 Å². The van der Waals surface area contributed by atoms with E-state index in [9.17, 15) is 14.4 Å². The zero-order chi connectivity index (χ0) is 19.6. The zero-order valence-corrected chi connectivity index (χ0v) is 15.9. The monoisotopic (exact) mass is 377 g/mol. The number of rotatable bonds is 8. The fourth-order valence-electron chi connectivity index (χ4n) is 3.04. The molecule has 1 aliphatic rings. The normalized spacial score (nSPS) is 15.9. The third kappa shape index (κ3) is 6.58. The molecule has 0 saturated heterocycles. The molecule has 1 fully saturated rings. The van der Waals surface area contributed by atoms with Crippen molar-refractivity contribution in [2.24, 2.45) is 0 Å². The van der Waals surface area contributed by atoms with Crippen molar-refractivity contribution < 1.29 is 28.6 Å². The van der Waals surface area contributed by atoms with Gasteiger partial charge < -0.3 is 19.5 Å². The summed E-state index contributed by atoms with van der Waals surface area (Å²) in [5.74, 6) is -0.287. The molecule has 0 bridgehead atoms. The second-order valence-electron chi connectivity index (χ2n) is 6.65. The van der Waals surface area contributed by atoms with Gasteiger partial charge in [0.1, 0.15) is 6.29 Å². The molecule has 27 heavy (non-hydrogen) atoms. The fraction of sp³-hybridized carbons (Fsp3) is 0.550. The highest BCUT2D eigenvalue weighted by molar-refractivity contribution is 5.84. The van der Waals surface area contributed by atoms with E-state index < -0.39 is 12.1 Å². The minimum atomic E-state index is -0.885. The summed E-state index contributed by atoms with van der Waals surface area (Å²) in [5, 5.41) is 2.96. The lowest BCUT2D eigenvalue weighted by Crippen LogP contribution is -2.42. The van der Waals surface area contributed by atoms with Crippen molar-refractivity contribution in [1.29, 1.82) is 0 Å². The van der Waals surface area contributed by atoms with Crippen molar-refractivity contribution in [3.63, 3.8) is 0 Å². The van der Waals surface area contributed by atoms with Crippen molar-refractivity contribution in [2.45, 2.75) is 57.6 Å². The molecule has 148 valence electrons. The van der Waals surface area contributed by atoms with E-state index in [1.165, 1.54) is 32.1 Å². The SMILES string of the molecule is COc1cc(C=O)ccc1OCC(=O)O[C@H](C)C(=O)NC1CCCCCC1. The lowest BCUT2D eigenvalue weighted by atomic mass is 10.1. The van der Waals surface area contributed by atoms with Gasteiger partial charge in [-0.15, -0.1) is 0 Å². The summed E-state index contributed by atoms with van der Waals surface area (Å²) in [7, 11) is 1.44. The summed E-state index contributed by atoms with van der Waals surface area (Å²) < 4.78 is 15.7. The number of amides is 1. The Balaban J connectivity index is 1.80. The molecule has 1 amide bonds. The maximum atomic E-state index is 12.2. The van der Waals surface area contributed by atoms with Crippen LogP contribution in [0.15, 0.2) is 18.2 Å². The van der Waals surface area contributed by atoms with Crippen LogP contribution in [-0.4, -0.2) is 44.0 Å². The van der Waals surface area contributed by atoms with Crippen LogP contribution in [0.5, 0.6) is 11.5 Å². The summed E-state index contributed by atoms with van der Waals surface area (Å²) >= 11 is 0. The van der Waals surface area contributed by atoms with Crippen LogP contribution < -0.4 is 14.8 Å². The van der Waals surface area contributed by atoms with E-state index in [1.54, 1.807) is 13.0 Å². The van der Waals surface area contributed by atoms with Crippen LogP contribution in [0.3, 0.4) is 0 Å². The van der Waals surface area contributed by atoms with E-state index in [-0.39, 0.29) is 18.6 Å². The number of benzene rings is 1. The molecule has 0 spiro atoms. The molecule has 7 heteroatoms. The van der Waals surface area contributed by atoms with Gasteiger partial charge in [-0.1, -0.05) is 25.7 Å². The van der Waals surface area contributed by atoms with E-state index in [4.69, 9.17) is 14.2 Å². The molecule has 7 nitrogen and oxygen atoms in total. The highest BCUT2D eigenvalue weighted by atomic mass is 16.6. The summed E-state index contributed by atoms with van der Waals surface area (Å²) in [6.45, 7) is 1.18. The van der Waals surface area contributed by atoms with E-state index in [0.29, 0.717) is 23.3 Å². The molecule has 1 N–H and O–H groups in total. The van der Waals surface area contributed by atoms with Gasteiger partial charge in [-0.3, -0.25) is 9.59 Å². The second kappa shape index (κ2) is 10.5. The van der Waals surface area contributed by atoms with Gasteiger partial charge in [0.05, 0.1) is 7.11 Å². The minimum Gasteiger partial charge on any atom is -0.493 e. The molecule has 0 unspecified atom stereocenters. The standard InChI is InChI=1S/C20H27NO6/c1-14(20(24)21-16-7-5-3-4-6-8-16)27-19(23)13-26-17-10-9-15(12-22)11-18(17)25-2/h9-12,14,16H,3-8,13H2,1-2H3,(H,21,24)/t14-/m1/s1. The largest absolute Gasteiger partial charge is 0.493 e. The molecule has 1 saturated carbocycles. The van der Waals surface area contributed by atoms with Crippen LogP contribution in [0.1, 0.15) is 55.8 Å². The Morgan fingerprint density at radius 2 is 1.89 bits per heavy atom. The van der Waals surface area contributed by atoms with E-state index in [1.807, 2.05) is 0 Å². The first kappa shape index (κ1) is 20.7. The highest BCUT2D eigenvalue weighted by Crippen LogP contribution is 2.27. The third-order valence-corrected chi connectivity index (χ3v) is 4.55. The van der Waals surface area contributed by atoms with E-state index in [0.717, 1.165) is 25.7 Å². The highest BCUT2D eigenvalue weighted by Gasteiger charge is 2.22. The summed E-state index contributed by atoms with van der Waals surface area (Å²) in [6.07, 6.45) is 6.35. The summed E-state index contributed by atoms with van der Waals surface area (Å²) in [4.78, 5) is 35.0. The molecule has 0 heterocycles. The van der Waals surface area contributed by atoms with Gasteiger partial charge in [-0.05, 0) is 38.0 Å².